The second-order valence-electron chi connectivity index (χ2n) is 2.03. The molecule has 0 saturated carbocycles. The third kappa shape index (κ3) is 2.37. The van der Waals surface area contributed by atoms with Gasteiger partial charge in [0.25, 0.3) is 0 Å². The van der Waals surface area contributed by atoms with E-state index in [1.165, 1.54) is 6.07 Å². The maximum Gasteiger partial charge on any atom is 0.149 e. The Morgan fingerprint density at radius 1 is 1.45 bits per heavy atom. The third-order valence-electron chi connectivity index (χ3n) is 1.28. The van der Waals surface area contributed by atoms with Crippen LogP contribution in [0.1, 0.15) is 5.56 Å². The van der Waals surface area contributed by atoms with E-state index in [1.807, 2.05) is 0 Å². The van der Waals surface area contributed by atoms with Gasteiger partial charge in [0, 0.05) is 6.07 Å². The predicted octanol–water partition coefficient (Wildman–Crippen LogP) is 1.81. The first-order valence-electron chi connectivity index (χ1n) is 2.87. The highest BCUT2D eigenvalue weighted by Crippen LogP contribution is 2.13. The van der Waals surface area contributed by atoms with Crippen LogP contribution in [0.4, 0.5) is 4.39 Å². The van der Waals surface area contributed by atoms with Crippen molar-refractivity contribution in [2.45, 2.75) is 6.92 Å². The maximum atomic E-state index is 12.6. The second kappa shape index (κ2) is 4.16. The lowest BCUT2D eigenvalue weighted by atomic mass is 10.2. The Morgan fingerprint density at radius 2 is 2.09 bits per heavy atom. The molecule has 0 aliphatic carbocycles. The van der Waals surface area contributed by atoms with Crippen LogP contribution in [-0.4, -0.2) is 0 Å². The Hall–Kier alpha value is -0.800. The van der Waals surface area contributed by atoms with E-state index in [2.05, 4.69) is 4.84 Å². The van der Waals surface area contributed by atoms with Gasteiger partial charge in [0.2, 0.25) is 0 Å². The summed E-state index contributed by atoms with van der Waals surface area (Å²) < 4.78 is 12.6. The fourth-order valence-electron chi connectivity index (χ4n) is 0.647. The van der Waals surface area contributed by atoms with E-state index in [-0.39, 0.29) is 18.2 Å². The van der Waals surface area contributed by atoms with Crippen molar-refractivity contribution >= 4 is 12.4 Å². The molecule has 0 saturated heterocycles. The summed E-state index contributed by atoms with van der Waals surface area (Å²) >= 11 is 0. The topological polar surface area (TPSA) is 35.2 Å². The van der Waals surface area contributed by atoms with Crippen LogP contribution in [0.2, 0.25) is 0 Å². The Labute approximate surface area is 70.5 Å². The second-order valence-corrected chi connectivity index (χ2v) is 2.03. The summed E-state index contributed by atoms with van der Waals surface area (Å²) in [5, 5.41) is 0. The normalized spacial score (nSPS) is 8.64. The number of hydrogen-bond acceptors (Lipinski definition) is 2. The first-order valence-corrected chi connectivity index (χ1v) is 2.87. The maximum absolute atomic E-state index is 12.6. The molecule has 0 aromatic heterocycles. The lowest BCUT2D eigenvalue weighted by Crippen LogP contribution is -2.01. The largest absolute Gasteiger partial charge is 0.411 e. The number of nitrogens with two attached hydrogens (primary N) is 1. The molecule has 1 aromatic rings. The predicted molar refractivity (Wildman–Crippen MR) is 43.2 cm³/mol. The van der Waals surface area contributed by atoms with Crippen LogP contribution < -0.4 is 10.7 Å². The molecule has 0 bridgehead atoms. The molecule has 0 aliphatic heterocycles. The van der Waals surface area contributed by atoms with Gasteiger partial charge in [-0.25, -0.2) is 4.39 Å². The van der Waals surface area contributed by atoms with Crippen LogP contribution in [0.15, 0.2) is 18.2 Å². The van der Waals surface area contributed by atoms with Crippen LogP contribution in [0, 0.1) is 12.7 Å². The van der Waals surface area contributed by atoms with Crippen molar-refractivity contribution in [1.29, 1.82) is 0 Å². The van der Waals surface area contributed by atoms with E-state index in [0.29, 0.717) is 11.3 Å². The Balaban J connectivity index is 0.000001000. The van der Waals surface area contributed by atoms with Crippen molar-refractivity contribution in [2.24, 2.45) is 5.90 Å². The van der Waals surface area contributed by atoms with Gasteiger partial charge in [-0.1, -0.05) is 6.07 Å². The zero-order valence-electron chi connectivity index (χ0n) is 6.00. The standard InChI is InChI=1S/C7H8FNO.ClH/c1-5-2-3-6(10-9)4-7(5)8;/h2-4H,9H2,1H3;1H. The summed E-state index contributed by atoms with van der Waals surface area (Å²) in [6.07, 6.45) is 0. The van der Waals surface area contributed by atoms with E-state index in [9.17, 15) is 4.39 Å². The molecule has 4 heteroatoms. The third-order valence-corrected chi connectivity index (χ3v) is 1.28. The van der Waals surface area contributed by atoms with E-state index in [4.69, 9.17) is 5.90 Å². The van der Waals surface area contributed by atoms with Gasteiger partial charge in [-0.05, 0) is 18.6 Å². The highest BCUT2D eigenvalue weighted by atomic mass is 35.5. The number of rotatable bonds is 1. The summed E-state index contributed by atoms with van der Waals surface area (Å²) in [7, 11) is 0. The molecular weight excluding hydrogens is 169 g/mol. The molecule has 0 fully saturated rings. The first-order chi connectivity index (χ1) is 4.74. The SMILES string of the molecule is Cc1ccc(ON)cc1F.Cl. The van der Waals surface area contributed by atoms with Crippen molar-refractivity contribution in [1.82, 2.24) is 0 Å². The molecule has 11 heavy (non-hydrogen) atoms. The molecule has 62 valence electrons. The van der Waals surface area contributed by atoms with E-state index in [1.54, 1.807) is 19.1 Å². The van der Waals surface area contributed by atoms with Crippen LogP contribution in [0.5, 0.6) is 5.75 Å². The average molecular weight is 178 g/mol. The number of aryl methyl sites for hydroxylation is 1. The Kier molecular flexibility index (Phi) is 3.85. The minimum Gasteiger partial charge on any atom is -0.411 e. The fourth-order valence-corrected chi connectivity index (χ4v) is 0.647. The highest BCUT2D eigenvalue weighted by Gasteiger charge is 1.97. The van der Waals surface area contributed by atoms with Crippen molar-refractivity contribution in [3.63, 3.8) is 0 Å². The van der Waals surface area contributed by atoms with Gasteiger partial charge in [-0.2, -0.15) is 5.90 Å². The van der Waals surface area contributed by atoms with Gasteiger partial charge in [0.05, 0.1) is 0 Å². The van der Waals surface area contributed by atoms with Crippen molar-refractivity contribution in [2.75, 3.05) is 0 Å². The van der Waals surface area contributed by atoms with Gasteiger partial charge >= 0.3 is 0 Å². The fraction of sp³-hybridized carbons (Fsp3) is 0.143. The minimum absolute atomic E-state index is 0. The lowest BCUT2D eigenvalue weighted by molar-refractivity contribution is 0.332. The molecule has 0 aliphatic rings. The van der Waals surface area contributed by atoms with Crippen molar-refractivity contribution < 1.29 is 9.23 Å². The van der Waals surface area contributed by atoms with E-state index in [0.717, 1.165) is 0 Å². The number of hydrogen-bond donors (Lipinski definition) is 1. The molecular formula is C7H9ClFNO. The Morgan fingerprint density at radius 3 is 2.55 bits per heavy atom. The van der Waals surface area contributed by atoms with Gasteiger partial charge in [-0.3, -0.25) is 0 Å². The van der Waals surface area contributed by atoms with Crippen molar-refractivity contribution in [3.8, 4) is 5.75 Å². The Bertz CT molecular complexity index is 242. The molecule has 0 atom stereocenters. The van der Waals surface area contributed by atoms with Gasteiger partial charge in [0.1, 0.15) is 11.6 Å². The molecule has 0 radical (unpaired) electrons. The molecule has 0 unspecified atom stereocenters. The molecule has 1 aromatic carbocycles. The highest BCUT2D eigenvalue weighted by molar-refractivity contribution is 5.85. The van der Waals surface area contributed by atoms with Crippen LogP contribution in [0.3, 0.4) is 0 Å². The quantitative estimate of drug-likeness (QED) is 0.664. The molecule has 0 spiro atoms. The molecule has 0 heterocycles. The smallest absolute Gasteiger partial charge is 0.149 e. The zero-order chi connectivity index (χ0) is 7.56. The average Bonchev–Trinajstić information content (AvgIpc) is 1.95. The molecule has 2 N–H and O–H groups in total. The van der Waals surface area contributed by atoms with Gasteiger partial charge < -0.3 is 4.84 Å². The van der Waals surface area contributed by atoms with Gasteiger partial charge in [0.15, 0.2) is 0 Å². The summed E-state index contributed by atoms with van der Waals surface area (Å²) in [4.78, 5) is 4.31. The van der Waals surface area contributed by atoms with E-state index < -0.39 is 0 Å². The summed E-state index contributed by atoms with van der Waals surface area (Å²) in [5.41, 5.74) is 0.584. The van der Waals surface area contributed by atoms with Crippen LogP contribution >= 0.6 is 12.4 Å². The number of benzene rings is 1. The minimum atomic E-state index is -0.303. The lowest BCUT2D eigenvalue weighted by Gasteiger charge is -1.98. The van der Waals surface area contributed by atoms with Gasteiger partial charge in [-0.15, -0.1) is 12.4 Å². The first kappa shape index (κ1) is 10.2. The molecule has 2 nitrogen and oxygen atoms in total. The molecule has 0 amide bonds. The summed E-state index contributed by atoms with van der Waals surface area (Å²) in [6.45, 7) is 1.68. The van der Waals surface area contributed by atoms with E-state index >= 15 is 0 Å². The van der Waals surface area contributed by atoms with Crippen LogP contribution in [0.25, 0.3) is 0 Å². The number of halogens is 2. The summed E-state index contributed by atoms with van der Waals surface area (Å²) in [5.74, 6) is 4.84. The van der Waals surface area contributed by atoms with Crippen molar-refractivity contribution in [3.05, 3.63) is 29.6 Å². The summed E-state index contributed by atoms with van der Waals surface area (Å²) in [6, 6.07) is 4.46. The van der Waals surface area contributed by atoms with Crippen LogP contribution in [-0.2, 0) is 0 Å². The zero-order valence-corrected chi connectivity index (χ0v) is 6.82. The molecule has 1 rings (SSSR count). The monoisotopic (exact) mass is 177 g/mol.